The molecule has 2 N–H and O–H groups in total. The molecule has 174 valence electrons. The number of nitrogens with zero attached hydrogens (tertiary/aromatic N) is 1. The topological polar surface area (TPSA) is 64.1 Å². The van der Waals surface area contributed by atoms with E-state index in [1.54, 1.807) is 13.1 Å². The second-order valence-electron chi connectivity index (χ2n) is 7.43. The van der Waals surface area contributed by atoms with Gasteiger partial charge in [0.05, 0.1) is 12.7 Å². The van der Waals surface area contributed by atoms with E-state index in [2.05, 4.69) is 46.5 Å². The van der Waals surface area contributed by atoms with Crippen LogP contribution < -0.4 is 15.4 Å². The Morgan fingerprint density at radius 1 is 1.09 bits per heavy atom. The summed E-state index contributed by atoms with van der Waals surface area (Å²) in [5.41, 5.74) is 3.44. The Kier molecular flexibility index (Phi) is 12.2. The Morgan fingerprint density at radius 2 is 1.84 bits per heavy atom. The summed E-state index contributed by atoms with van der Waals surface area (Å²) in [5, 5.41) is 6.73. The van der Waals surface area contributed by atoms with Gasteiger partial charge in [-0.2, -0.15) is 0 Å². The molecule has 0 unspecified atom stereocenters. The van der Waals surface area contributed by atoms with Crippen molar-refractivity contribution in [1.29, 1.82) is 0 Å². The van der Waals surface area contributed by atoms with E-state index in [0.717, 1.165) is 43.3 Å². The summed E-state index contributed by atoms with van der Waals surface area (Å²) in [5.74, 6) is 1.59. The van der Waals surface area contributed by atoms with Crippen molar-refractivity contribution in [2.24, 2.45) is 4.99 Å². The maximum absolute atomic E-state index is 6.04. The van der Waals surface area contributed by atoms with Crippen LogP contribution in [-0.2, 0) is 29.2 Å². The summed E-state index contributed by atoms with van der Waals surface area (Å²) >= 11 is 0. The molecule has 0 spiro atoms. The van der Waals surface area contributed by atoms with Crippen molar-refractivity contribution in [3.63, 3.8) is 0 Å². The molecule has 0 amide bonds. The van der Waals surface area contributed by atoms with Gasteiger partial charge in [0, 0.05) is 38.9 Å². The van der Waals surface area contributed by atoms with Crippen LogP contribution >= 0.6 is 24.0 Å². The minimum atomic E-state index is 0. The summed E-state index contributed by atoms with van der Waals surface area (Å²) in [6, 6.07) is 16.4. The van der Waals surface area contributed by atoms with Gasteiger partial charge in [0.2, 0.25) is 0 Å². The van der Waals surface area contributed by atoms with Crippen LogP contribution in [0.25, 0.3) is 0 Å². The van der Waals surface area contributed by atoms with Crippen molar-refractivity contribution < 1.29 is 14.2 Å². The molecule has 0 aliphatic carbocycles. The zero-order valence-electron chi connectivity index (χ0n) is 18.7. The van der Waals surface area contributed by atoms with E-state index in [9.17, 15) is 0 Å². The van der Waals surface area contributed by atoms with Crippen molar-refractivity contribution >= 4 is 29.9 Å². The monoisotopic (exact) mass is 551 g/mol. The lowest BCUT2D eigenvalue weighted by molar-refractivity contribution is -0.0390. The molecule has 1 heterocycles. The Labute approximate surface area is 208 Å². The fraction of sp³-hybridized carbons (Fsp3) is 0.400. The van der Waals surface area contributed by atoms with Crippen LogP contribution in [0.5, 0.6) is 5.75 Å². The van der Waals surface area contributed by atoms with Gasteiger partial charge < -0.3 is 24.8 Å². The van der Waals surface area contributed by atoms with Crippen molar-refractivity contribution in [2.45, 2.75) is 38.6 Å². The number of benzene rings is 2. The molecule has 1 saturated heterocycles. The molecule has 1 aliphatic heterocycles. The van der Waals surface area contributed by atoms with Crippen LogP contribution in [0.4, 0.5) is 0 Å². The molecule has 0 saturated carbocycles. The predicted octanol–water partition coefficient (Wildman–Crippen LogP) is 4.43. The minimum absolute atomic E-state index is 0. The third-order valence-corrected chi connectivity index (χ3v) is 5.10. The second-order valence-corrected chi connectivity index (χ2v) is 7.43. The Hall–Kier alpha value is -2.10. The largest absolute Gasteiger partial charge is 0.489 e. The van der Waals surface area contributed by atoms with Gasteiger partial charge >= 0.3 is 0 Å². The van der Waals surface area contributed by atoms with Gasteiger partial charge in [0.15, 0.2) is 5.96 Å². The average molecular weight is 551 g/mol. The van der Waals surface area contributed by atoms with Crippen LogP contribution in [0, 0.1) is 0 Å². The number of hydrogen-bond donors (Lipinski definition) is 2. The molecular formula is C25H34IN3O3. The summed E-state index contributed by atoms with van der Waals surface area (Å²) in [6.45, 7) is 7.71. The van der Waals surface area contributed by atoms with Gasteiger partial charge in [-0.1, -0.05) is 55.1 Å². The van der Waals surface area contributed by atoms with Crippen molar-refractivity contribution in [2.75, 3.05) is 26.9 Å². The van der Waals surface area contributed by atoms with Crippen molar-refractivity contribution in [3.8, 4) is 5.75 Å². The number of hydrogen-bond acceptors (Lipinski definition) is 4. The zero-order valence-corrected chi connectivity index (χ0v) is 21.0. The maximum Gasteiger partial charge on any atom is 0.191 e. The Morgan fingerprint density at radius 3 is 2.62 bits per heavy atom. The molecule has 2 aromatic carbocycles. The highest BCUT2D eigenvalue weighted by Gasteiger charge is 2.14. The van der Waals surface area contributed by atoms with Gasteiger partial charge in [-0.3, -0.25) is 4.99 Å². The number of ether oxygens (including phenoxy) is 3. The third kappa shape index (κ3) is 8.80. The first-order valence-corrected chi connectivity index (χ1v) is 10.8. The van der Waals surface area contributed by atoms with E-state index in [1.807, 2.05) is 24.3 Å². The standard InChI is InChI=1S/C25H33N3O3.HI/c1-3-13-30-24-10-5-4-9-22(24)18-28-25(26-2)27-17-20-7-6-8-21(16-20)19-31-23-11-14-29-15-12-23;/h3-10,16,23H,1,11-15,17-19H2,2H3,(H2,26,27,28);1H. The van der Waals surface area contributed by atoms with Crippen molar-refractivity contribution in [1.82, 2.24) is 10.6 Å². The lowest BCUT2D eigenvalue weighted by atomic mass is 10.1. The van der Waals surface area contributed by atoms with Crippen LogP contribution in [0.2, 0.25) is 0 Å². The lowest BCUT2D eigenvalue weighted by Gasteiger charge is -2.22. The third-order valence-electron chi connectivity index (χ3n) is 5.10. The number of para-hydroxylation sites is 1. The minimum Gasteiger partial charge on any atom is -0.489 e. The van der Waals surface area contributed by atoms with Crippen molar-refractivity contribution in [3.05, 3.63) is 77.9 Å². The quantitative estimate of drug-likeness (QED) is 0.198. The highest BCUT2D eigenvalue weighted by molar-refractivity contribution is 14.0. The summed E-state index contributed by atoms with van der Waals surface area (Å²) < 4.78 is 17.2. The fourth-order valence-electron chi connectivity index (χ4n) is 3.41. The highest BCUT2D eigenvalue weighted by Crippen LogP contribution is 2.18. The Bertz CT molecular complexity index is 854. The normalized spacial score (nSPS) is 14.3. The predicted molar refractivity (Wildman–Crippen MR) is 140 cm³/mol. The van der Waals surface area contributed by atoms with Gasteiger partial charge in [-0.15, -0.1) is 24.0 Å². The molecule has 3 rings (SSSR count). The molecule has 1 aliphatic rings. The lowest BCUT2D eigenvalue weighted by Crippen LogP contribution is -2.36. The molecule has 0 radical (unpaired) electrons. The molecule has 6 nitrogen and oxygen atoms in total. The SMILES string of the molecule is C=CCOc1ccccc1CNC(=NC)NCc1cccc(COC2CCOCC2)c1.I. The number of halogens is 1. The number of guanidine groups is 1. The Balaban J connectivity index is 0.00000363. The molecule has 0 bridgehead atoms. The molecule has 0 aromatic heterocycles. The first-order valence-electron chi connectivity index (χ1n) is 10.8. The van der Waals surface area contributed by atoms with E-state index in [-0.39, 0.29) is 24.0 Å². The average Bonchev–Trinajstić information content (AvgIpc) is 2.83. The van der Waals surface area contributed by atoms with E-state index >= 15 is 0 Å². The van der Waals surface area contributed by atoms with Gasteiger partial charge in [0.1, 0.15) is 12.4 Å². The maximum atomic E-state index is 6.04. The van der Waals surface area contributed by atoms with E-state index in [0.29, 0.717) is 32.4 Å². The molecule has 32 heavy (non-hydrogen) atoms. The van der Waals surface area contributed by atoms with Gasteiger partial charge in [-0.25, -0.2) is 0 Å². The summed E-state index contributed by atoms with van der Waals surface area (Å²) in [7, 11) is 1.77. The van der Waals surface area contributed by atoms with E-state index < -0.39 is 0 Å². The number of aliphatic imine (C=N–C) groups is 1. The van der Waals surface area contributed by atoms with Crippen LogP contribution in [0.15, 0.2) is 66.2 Å². The summed E-state index contributed by atoms with van der Waals surface area (Å²) in [6.07, 6.45) is 4.00. The first kappa shape index (κ1) is 26.2. The van der Waals surface area contributed by atoms with E-state index in [4.69, 9.17) is 14.2 Å². The molecule has 1 fully saturated rings. The van der Waals surface area contributed by atoms with Crippen LogP contribution in [0.1, 0.15) is 29.5 Å². The second kappa shape index (κ2) is 14.9. The molecule has 0 atom stereocenters. The first-order chi connectivity index (χ1) is 15.3. The summed E-state index contributed by atoms with van der Waals surface area (Å²) in [4.78, 5) is 4.33. The molecule has 7 heteroatoms. The number of nitrogens with one attached hydrogen (secondary N) is 2. The molecular weight excluding hydrogens is 517 g/mol. The van der Waals surface area contributed by atoms with E-state index in [1.165, 1.54) is 11.1 Å². The van der Waals surface area contributed by atoms with Gasteiger partial charge in [-0.05, 0) is 30.0 Å². The zero-order chi connectivity index (χ0) is 21.7. The fourth-order valence-corrected chi connectivity index (χ4v) is 3.41. The number of rotatable bonds is 10. The van der Waals surface area contributed by atoms with Gasteiger partial charge in [0.25, 0.3) is 0 Å². The molecule has 2 aromatic rings. The smallest absolute Gasteiger partial charge is 0.191 e. The van der Waals surface area contributed by atoms with Crippen LogP contribution in [-0.4, -0.2) is 38.9 Å². The van der Waals surface area contributed by atoms with Crippen LogP contribution in [0.3, 0.4) is 0 Å². The highest BCUT2D eigenvalue weighted by atomic mass is 127.